The Balaban J connectivity index is 2.22. The minimum Gasteiger partial charge on any atom is -0.495 e. The monoisotopic (exact) mass is 390 g/mol. The highest BCUT2D eigenvalue weighted by Crippen LogP contribution is 2.29. The van der Waals surface area contributed by atoms with E-state index in [1.54, 1.807) is 24.3 Å². The van der Waals surface area contributed by atoms with E-state index < -0.39 is 10.0 Å². The molecule has 2 rings (SSSR count). The number of nitrogens with zero attached hydrogens (tertiary/aromatic N) is 1. The maximum Gasteiger partial charge on any atom is 0.241 e. The first-order valence-electron chi connectivity index (χ1n) is 8.60. The zero-order chi connectivity index (χ0) is 20.2. The highest BCUT2D eigenvalue weighted by atomic mass is 32.2. The molecular weight excluding hydrogens is 364 g/mol. The Hall–Kier alpha value is -2.54. The van der Waals surface area contributed by atoms with Crippen molar-refractivity contribution < 1.29 is 17.9 Å². The number of ether oxygens (including phenoxy) is 1. The van der Waals surface area contributed by atoms with Gasteiger partial charge in [-0.1, -0.05) is 35.9 Å². The number of aryl methyl sites for hydroxylation is 2. The number of nitrogens with one attached hydrogen (secondary N) is 1. The van der Waals surface area contributed by atoms with E-state index in [-0.39, 0.29) is 18.5 Å². The Morgan fingerprint density at radius 2 is 1.85 bits per heavy atom. The molecule has 27 heavy (non-hydrogen) atoms. The van der Waals surface area contributed by atoms with Gasteiger partial charge in [-0.2, -0.15) is 0 Å². The summed E-state index contributed by atoms with van der Waals surface area (Å²) in [6.45, 7) is 5.55. The largest absolute Gasteiger partial charge is 0.495 e. The van der Waals surface area contributed by atoms with Crippen LogP contribution in [0, 0.1) is 13.8 Å². The number of sulfonamides is 1. The van der Waals surface area contributed by atoms with Crippen molar-refractivity contribution in [2.75, 3.05) is 24.2 Å². The molecule has 0 heterocycles. The predicted octanol–water partition coefficient (Wildman–Crippen LogP) is 2.96. The highest BCUT2D eigenvalue weighted by Gasteiger charge is 2.24. The fourth-order valence-corrected chi connectivity index (χ4v) is 3.88. The predicted molar refractivity (Wildman–Crippen MR) is 108 cm³/mol. The van der Waals surface area contributed by atoms with Crippen LogP contribution in [0.25, 0.3) is 0 Å². The number of amides is 1. The molecule has 1 atom stereocenters. The summed E-state index contributed by atoms with van der Waals surface area (Å²) in [4.78, 5) is 12.6. The molecule has 0 bridgehead atoms. The molecule has 1 amide bonds. The lowest BCUT2D eigenvalue weighted by Gasteiger charge is -2.25. The van der Waals surface area contributed by atoms with E-state index in [1.807, 2.05) is 32.9 Å². The van der Waals surface area contributed by atoms with Crippen LogP contribution in [-0.2, 0) is 14.8 Å². The van der Waals surface area contributed by atoms with Crippen LogP contribution >= 0.6 is 0 Å². The van der Waals surface area contributed by atoms with Crippen LogP contribution in [0.2, 0.25) is 0 Å². The van der Waals surface area contributed by atoms with Crippen LogP contribution in [-0.4, -0.2) is 34.2 Å². The molecule has 0 aromatic heterocycles. The number of hydrogen-bond acceptors (Lipinski definition) is 4. The molecule has 1 N–H and O–H groups in total. The number of benzene rings is 2. The average Bonchev–Trinajstić information content (AvgIpc) is 2.58. The molecule has 0 aliphatic rings. The first kappa shape index (κ1) is 20.8. The molecule has 0 aliphatic carbocycles. The molecule has 6 nitrogen and oxygen atoms in total. The van der Waals surface area contributed by atoms with Gasteiger partial charge in [-0.15, -0.1) is 0 Å². The highest BCUT2D eigenvalue weighted by molar-refractivity contribution is 7.92. The van der Waals surface area contributed by atoms with E-state index in [0.29, 0.717) is 11.4 Å². The lowest BCUT2D eigenvalue weighted by molar-refractivity contribution is -0.120. The number of anilines is 1. The molecule has 0 radical (unpaired) electrons. The lowest BCUT2D eigenvalue weighted by atomic mass is 10.0. The summed E-state index contributed by atoms with van der Waals surface area (Å²) in [5.74, 6) is -0.00282. The topological polar surface area (TPSA) is 75.7 Å². The second kappa shape index (κ2) is 8.43. The number of methoxy groups -OCH3 is 1. The van der Waals surface area contributed by atoms with Gasteiger partial charge >= 0.3 is 0 Å². The van der Waals surface area contributed by atoms with Crippen molar-refractivity contribution >= 4 is 21.6 Å². The zero-order valence-corrected chi connectivity index (χ0v) is 17.1. The molecule has 7 heteroatoms. The smallest absolute Gasteiger partial charge is 0.241 e. The van der Waals surface area contributed by atoms with Crippen molar-refractivity contribution in [1.82, 2.24) is 5.32 Å². The Bertz CT molecular complexity index is 925. The summed E-state index contributed by atoms with van der Waals surface area (Å²) in [5, 5.41) is 2.88. The van der Waals surface area contributed by atoms with Crippen molar-refractivity contribution in [3.05, 3.63) is 59.2 Å². The summed E-state index contributed by atoms with van der Waals surface area (Å²) >= 11 is 0. The first-order valence-corrected chi connectivity index (χ1v) is 10.5. The number of carbonyl (C=O) groups is 1. The molecule has 0 saturated carbocycles. The van der Waals surface area contributed by atoms with Gasteiger partial charge < -0.3 is 10.1 Å². The standard InChI is InChI=1S/C20H26N2O4S/c1-14-10-11-17(15(2)12-14)16(3)21-20(23)13-22(27(5,24)25)18-8-6-7-9-19(18)26-4/h6-12,16H,13H2,1-5H3,(H,21,23). The summed E-state index contributed by atoms with van der Waals surface area (Å²) in [7, 11) is -2.21. The number of carbonyl (C=O) groups excluding carboxylic acids is 1. The van der Waals surface area contributed by atoms with Gasteiger partial charge in [0.15, 0.2) is 0 Å². The zero-order valence-electron chi connectivity index (χ0n) is 16.3. The molecule has 146 valence electrons. The fourth-order valence-electron chi connectivity index (χ4n) is 3.02. The van der Waals surface area contributed by atoms with Crippen LogP contribution in [0.3, 0.4) is 0 Å². The van der Waals surface area contributed by atoms with E-state index in [2.05, 4.69) is 11.4 Å². The quantitative estimate of drug-likeness (QED) is 0.789. The van der Waals surface area contributed by atoms with Crippen LogP contribution < -0.4 is 14.4 Å². The van der Waals surface area contributed by atoms with Crippen molar-refractivity contribution in [2.45, 2.75) is 26.8 Å². The molecule has 0 fully saturated rings. The van der Waals surface area contributed by atoms with Crippen LogP contribution in [0.4, 0.5) is 5.69 Å². The van der Waals surface area contributed by atoms with Crippen molar-refractivity contribution in [3.63, 3.8) is 0 Å². The maximum atomic E-state index is 12.6. The van der Waals surface area contributed by atoms with Crippen LogP contribution in [0.1, 0.15) is 29.7 Å². The molecule has 2 aromatic rings. The van der Waals surface area contributed by atoms with Crippen LogP contribution in [0.5, 0.6) is 5.75 Å². The van der Waals surface area contributed by atoms with Crippen molar-refractivity contribution in [3.8, 4) is 5.75 Å². The molecule has 0 spiro atoms. The van der Waals surface area contributed by atoms with Gasteiger partial charge in [-0.25, -0.2) is 8.42 Å². The summed E-state index contributed by atoms with van der Waals surface area (Å²) in [6, 6.07) is 12.5. The second-order valence-electron chi connectivity index (χ2n) is 6.59. The van der Waals surface area contributed by atoms with Gasteiger partial charge in [-0.05, 0) is 44.0 Å². The third kappa shape index (κ3) is 5.23. The van der Waals surface area contributed by atoms with Gasteiger partial charge in [0, 0.05) is 0 Å². The van der Waals surface area contributed by atoms with E-state index in [4.69, 9.17) is 4.74 Å². The molecule has 0 saturated heterocycles. The Morgan fingerprint density at radius 1 is 1.19 bits per heavy atom. The summed E-state index contributed by atoms with van der Waals surface area (Å²) in [6.07, 6.45) is 1.07. The molecule has 2 aromatic carbocycles. The fraction of sp³-hybridized carbons (Fsp3) is 0.350. The average molecular weight is 391 g/mol. The van der Waals surface area contributed by atoms with Gasteiger partial charge in [0.1, 0.15) is 12.3 Å². The van der Waals surface area contributed by atoms with E-state index in [0.717, 1.165) is 27.3 Å². The van der Waals surface area contributed by atoms with Gasteiger partial charge in [-0.3, -0.25) is 9.10 Å². The number of rotatable bonds is 7. The third-order valence-electron chi connectivity index (χ3n) is 4.31. The molecule has 0 aliphatic heterocycles. The normalized spacial score (nSPS) is 12.3. The van der Waals surface area contributed by atoms with E-state index >= 15 is 0 Å². The lowest BCUT2D eigenvalue weighted by Crippen LogP contribution is -2.41. The van der Waals surface area contributed by atoms with Gasteiger partial charge in [0.25, 0.3) is 0 Å². The minimum atomic E-state index is -3.67. The van der Waals surface area contributed by atoms with Gasteiger partial charge in [0.2, 0.25) is 15.9 Å². The third-order valence-corrected chi connectivity index (χ3v) is 5.44. The van der Waals surface area contributed by atoms with Crippen molar-refractivity contribution in [1.29, 1.82) is 0 Å². The Labute approximate surface area is 161 Å². The Morgan fingerprint density at radius 3 is 2.44 bits per heavy atom. The van der Waals surface area contributed by atoms with E-state index in [1.165, 1.54) is 7.11 Å². The van der Waals surface area contributed by atoms with Crippen LogP contribution in [0.15, 0.2) is 42.5 Å². The van der Waals surface area contributed by atoms with E-state index in [9.17, 15) is 13.2 Å². The number of para-hydroxylation sites is 2. The molecule has 1 unspecified atom stereocenters. The van der Waals surface area contributed by atoms with Crippen molar-refractivity contribution in [2.24, 2.45) is 0 Å². The summed E-state index contributed by atoms with van der Waals surface area (Å²) in [5.41, 5.74) is 3.55. The SMILES string of the molecule is COc1ccccc1N(CC(=O)NC(C)c1ccc(C)cc1C)S(C)(=O)=O. The number of hydrogen-bond donors (Lipinski definition) is 1. The molecular formula is C20H26N2O4S. The summed E-state index contributed by atoms with van der Waals surface area (Å²) < 4.78 is 30.8. The minimum absolute atomic E-state index is 0.239. The van der Waals surface area contributed by atoms with Gasteiger partial charge in [0.05, 0.1) is 25.1 Å². The second-order valence-corrected chi connectivity index (χ2v) is 8.50. The maximum absolute atomic E-state index is 12.6. The first-order chi connectivity index (χ1) is 12.6. The Kier molecular flexibility index (Phi) is 6.49.